The van der Waals surface area contributed by atoms with Crippen molar-refractivity contribution in [1.82, 2.24) is 4.98 Å². The lowest BCUT2D eigenvalue weighted by atomic mass is 9.56. The average molecular weight is 265 g/mol. The van der Waals surface area contributed by atoms with Crippen LogP contribution in [0.2, 0.25) is 0 Å². The van der Waals surface area contributed by atoms with Gasteiger partial charge in [-0.25, -0.2) is 0 Å². The van der Waals surface area contributed by atoms with Gasteiger partial charge in [0.15, 0.2) is 0 Å². The third kappa shape index (κ3) is 1.03. The Kier molecular flexibility index (Phi) is 1.40. The molecule has 2 fully saturated rings. The van der Waals surface area contributed by atoms with Crippen molar-refractivity contribution in [3.05, 3.63) is 53.6 Å². The Morgan fingerprint density at radius 3 is 2.45 bits per heavy atom. The summed E-state index contributed by atoms with van der Waals surface area (Å²) in [5, 5.41) is 0. The highest BCUT2D eigenvalue weighted by Crippen LogP contribution is 2.68. The van der Waals surface area contributed by atoms with Gasteiger partial charge in [-0.05, 0) is 42.9 Å². The van der Waals surface area contributed by atoms with E-state index in [9.17, 15) is 0 Å². The molecule has 1 aromatic carbocycles. The lowest BCUT2D eigenvalue weighted by Crippen LogP contribution is -2.43. The molecule has 20 heavy (non-hydrogen) atoms. The molecule has 0 N–H and O–H groups in total. The number of hydrogen-bond acceptors (Lipinski definition) is 1. The molecule has 0 bridgehead atoms. The Labute approximate surface area is 125 Å². The highest BCUT2D eigenvalue weighted by atomic mass is 14.7. The summed E-state index contributed by atoms with van der Waals surface area (Å²) >= 11 is 0. The molecular formula is C19H19N. The van der Waals surface area contributed by atoms with Gasteiger partial charge in [-0.15, -0.1) is 0 Å². The van der Waals surface area contributed by atoms with Crippen LogP contribution in [0.3, 0.4) is 0 Å². The third-order valence-corrected chi connectivity index (χ3v) is 6.06. The molecule has 0 unspecified atom stereocenters. The van der Waals surface area contributed by atoms with Crippen LogP contribution in [0.4, 0.5) is 0 Å². The van der Waals surface area contributed by atoms with E-state index < -0.39 is 0 Å². The topological polar surface area (TPSA) is 12.9 Å². The minimum atomic E-state index is -0.143. The Hall–Kier alpha value is -1.63. The van der Waals surface area contributed by atoms with Crippen LogP contribution >= 0.6 is 0 Å². The molecule has 2 aromatic rings. The summed E-state index contributed by atoms with van der Waals surface area (Å²) in [6, 6.07) is 4.13. The van der Waals surface area contributed by atoms with E-state index in [0.29, 0.717) is 5.56 Å². The Bertz CT molecular complexity index is 879. The Morgan fingerprint density at radius 1 is 0.950 bits per heavy atom. The number of pyridine rings is 1. The molecule has 3 aliphatic rings. The van der Waals surface area contributed by atoms with Crippen LogP contribution in [0, 0.1) is 0 Å². The van der Waals surface area contributed by atoms with E-state index in [1.54, 1.807) is 6.20 Å². The standard InChI is InChI=1S/C19H19N/c1-2-7-15-14(6-1)17-16(8-3-13-20-17)19-11-4-9-18(15,19)10-5-12-19/h1-3,6-8,13H,4-5,9-12H2/i1D,2D,6D,7D. The van der Waals surface area contributed by atoms with Crippen LogP contribution in [0.1, 0.15) is 55.1 Å². The highest BCUT2D eigenvalue weighted by Gasteiger charge is 2.62. The molecule has 0 radical (unpaired) electrons. The summed E-state index contributed by atoms with van der Waals surface area (Å²) in [5.74, 6) is 0. The van der Waals surface area contributed by atoms with E-state index in [4.69, 9.17) is 5.48 Å². The normalized spacial score (nSPS) is 36.0. The summed E-state index contributed by atoms with van der Waals surface area (Å²) < 4.78 is 33.4. The van der Waals surface area contributed by atoms with Gasteiger partial charge in [0, 0.05) is 22.6 Å². The maximum Gasteiger partial charge on any atom is 0.0742 e. The predicted octanol–water partition coefficient (Wildman–Crippen LogP) is 4.61. The van der Waals surface area contributed by atoms with Gasteiger partial charge >= 0.3 is 0 Å². The van der Waals surface area contributed by atoms with Crippen LogP contribution < -0.4 is 0 Å². The second-order valence-electron chi connectivity index (χ2n) is 6.52. The monoisotopic (exact) mass is 265 g/mol. The molecule has 0 atom stereocenters. The summed E-state index contributed by atoms with van der Waals surface area (Å²) in [6.07, 6.45) is 8.25. The number of benzene rings is 1. The number of fused-ring (bicyclic) bond motifs is 3. The second kappa shape index (κ2) is 3.52. The summed E-state index contributed by atoms with van der Waals surface area (Å²) in [7, 11) is 0. The largest absolute Gasteiger partial charge is 0.256 e. The van der Waals surface area contributed by atoms with Crippen molar-refractivity contribution in [3.63, 3.8) is 0 Å². The van der Waals surface area contributed by atoms with Gasteiger partial charge < -0.3 is 0 Å². The van der Waals surface area contributed by atoms with E-state index in [-0.39, 0.29) is 35.0 Å². The van der Waals surface area contributed by atoms with E-state index in [1.165, 1.54) is 5.56 Å². The van der Waals surface area contributed by atoms with Crippen LogP contribution in [0.25, 0.3) is 11.3 Å². The first-order valence-electron chi connectivity index (χ1n) is 9.60. The molecule has 0 amide bonds. The van der Waals surface area contributed by atoms with Crippen LogP contribution in [-0.4, -0.2) is 4.98 Å². The van der Waals surface area contributed by atoms with Crippen LogP contribution in [-0.2, 0) is 10.8 Å². The van der Waals surface area contributed by atoms with Crippen LogP contribution in [0.5, 0.6) is 0 Å². The SMILES string of the molecule is [2H]c1c([2H])c([2H])c2c(c1[2H])-c1ncccc1C13CCCC21CCC3. The minimum absolute atomic E-state index is 0.0157. The zero-order valence-corrected chi connectivity index (χ0v) is 11.4. The lowest BCUT2D eigenvalue weighted by Gasteiger charge is -2.47. The fourth-order valence-electron chi connectivity index (χ4n) is 5.45. The molecule has 0 saturated heterocycles. The van der Waals surface area contributed by atoms with Crippen molar-refractivity contribution < 1.29 is 5.48 Å². The molecule has 0 spiro atoms. The second-order valence-corrected chi connectivity index (χ2v) is 6.52. The number of rotatable bonds is 0. The first-order valence-corrected chi connectivity index (χ1v) is 7.60. The molecule has 100 valence electrons. The molecule has 0 aliphatic heterocycles. The molecule has 1 heterocycles. The van der Waals surface area contributed by atoms with Gasteiger partial charge in [-0.2, -0.15) is 0 Å². The summed E-state index contributed by atoms with van der Waals surface area (Å²) in [4.78, 5) is 4.60. The Balaban J connectivity index is 2.01. The van der Waals surface area contributed by atoms with Gasteiger partial charge in [0.25, 0.3) is 0 Å². The zero-order valence-electron chi connectivity index (χ0n) is 15.4. The average Bonchev–Trinajstić information content (AvgIpc) is 3.14. The van der Waals surface area contributed by atoms with Crippen molar-refractivity contribution in [3.8, 4) is 11.3 Å². The van der Waals surface area contributed by atoms with Gasteiger partial charge in [0.05, 0.1) is 11.2 Å². The molecule has 1 heteroatoms. The Morgan fingerprint density at radius 2 is 1.65 bits per heavy atom. The molecule has 3 aliphatic carbocycles. The molecule has 1 aromatic heterocycles. The molecular weight excluding hydrogens is 242 g/mol. The maximum atomic E-state index is 8.63. The molecule has 2 saturated carbocycles. The van der Waals surface area contributed by atoms with Gasteiger partial charge in [-0.1, -0.05) is 43.1 Å². The van der Waals surface area contributed by atoms with Crippen molar-refractivity contribution in [2.45, 2.75) is 49.4 Å². The highest BCUT2D eigenvalue weighted by molar-refractivity contribution is 5.75. The van der Waals surface area contributed by atoms with E-state index in [0.717, 1.165) is 49.8 Å². The van der Waals surface area contributed by atoms with E-state index >= 15 is 0 Å². The smallest absolute Gasteiger partial charge is 0.0742 e. The number of nitrogens with zero attached hydrogens (tertiary/aromatic N) is 1. The predicted molar refractivity (Wildman–Crippen MR) is 80.7 cm³/mol. The van der Waals surface area contributed by atoms with Gasteiger partial charge in [0.2, 0.25) is 0 Å². The maximum absolute atomic E-state index is 8.63. The van der Waals surface area contributed by atoms with Gasteiger partial charge in [0.1, 0.15) is 0 Å². The lowest BCUT2D eigenvalue weighted by molar-refractivity contribution is 0.298. The molecule has 1 nitrogen and oxygen atoms in total. The summed E-state index contributed by atoms with van der Waals surface area (Å²) in [5.41, 5.74) is 3.42. The minimum Gasteiger partial charge on any atom is -0.256 e. The summed E-state index contributed by atoms with van der Waals surface area (Å²) in [6.45, 7) is 0. The third-order valence-electron chi connectivity index (χ3n) is 6.06. The zero-order chi connectivity index (χ0) is 16.7. The van der Waals surface area contributed by atoms with Crippen molar-refractivity contribution in [1.29, 1.82) is 0 Å². The first kappa shape index (κ1) is 7.97. The van der Waals surface area contributed by atoms with Crippen molar-refractivity contribution in [2.75, 3.05) is 0 Å². The van der Waals surface area contributed by atoms with E-state index in [1.807, 2.05) is 6.07 Å². The van der Waals surface area contributed by atoms with Crippen LogP contribution in [0.15, 0.2) is 42.5 Å². The number of hydrogen-bond donors (Lipinski definition) is 0. The fourth-order valence-corrected chi connectivity index (χ4v) is 5.45. The van der Waals surface area contributed by atoms with E-state index in [2.05, 4.69) is 11.1 Å². The van der Waals surface area contributed by atoms with Crippen molar-refractivity contribution >= 4 is 0 Å². The van der Waals surface area contributed by atoms with Gasteiger partial charge in [-0.3, -0.25) is 4.98 Å². The fraction of sp³-hybridized carbons (Fsp3) is 0.421. The molecule has 5 rings (SSSR count). The van der Waals surface area contributed by atoms with Crippen molar-refractivity contribution in [2.24, 2.45) is 0 Å². The quantitative estimate of drug-likeness (QED) is 0.678. The first-order chi connectivity index (χ1) is 11.5. The number of aromatic nitrogens is 1.